The molecule has 0 saturated carbocycles. The van der Waals surface area contributed by atoms with Crippen LogP contribution in [0, 0.1) is 29.0 Å². The Morgan fingerprint density at radius 3 is 1.45 bits per heavy atom. The van der Waals surface area contributed by atoms with Gasteiger partial charge in [0, 0.05) is 12.1 Å². The summed E-state index contributed by atoms with van der Waals surface area (Å²) in [5.74, 6) is 3.56. The number of rotatable bonds is 4. The van der Waals surface area contributed by atoms with E-state index in [2.05, 4.69) is 46.8 Å². The summed E-state index contributed by atoms with van der Waals surface area (Å²) in [5, 5.41) is 0. The Kier molecular flexibility index (Phi) is 8.23. The molecule has 1 rings (SSSR count). The summed E-state index contributed by atoms with van der Waals surface area (Å²) < 4.78 is 39.9. The van der Waals surface area contributed by atoms with Crippen LogP contribution in [-0.2, 0) is 12.8 Å². The third-order valence-corrected chi connectivity index (χ3v) is 2.26. The average molecular weight is 307 g/mol. The van der Waals surface area contributed by atoms with Gasteiger partial charge in [-0.2, -0.15) is 0 Å². The topological polar surface area (TPSA) is 104 Å². The van der Waals surface area contributed by atoms with Crippen LogP contribution >= 0.6 is 0 Å². The Labute approximate surface area is 122 Å². The van der Waals surface area contributed by atoms with Gasteiger partial charge in [0.25, 0.3) is 0 Å². The molecule has 0 radical (unpaired) electrons. The second-order valence-corrected chi connectivity index (χ2v) is 6.40. The van der Waals surface area contributed by atoms with Crippen LogP contribution in [0.4, 0.5) is 0 Å². The molecule has 20 heavy (non-hydrogen) atoms. The van der Waals surface area contributed by atoms with Crippen molar-refractivity contribution >= 4 is 0 Å². The van der Waals surface area contributed by atoms with Crippen LogP contribution in [-0.4, -0.2) is 0 Å². The van der Waals surface area contributed by atoms with Crippen LogP contribution in [0.2, 0.25) is 0 Å². The molecule has 0 aliphatic rings. The zero-order valence-electron chi connectivity index (χ0n) is 12.6. The Hall–Kier alpha value is -0.720. The summed E-state index contributed by atoms with van der Waals surface area (Å²) in [6, 6.07) is 4.31. The molecule has 0 atom stereocenters. The smallest absolute Gasteiger partial charge is 0.222 e. The molecule has 0 unspecified atom stereocenters. The van der Waals surface area contributed by atoms with Crippen molar-refractivity contribution in [2.24, 2.45) is 11.8 Å². The first-order chi connectivity index (χ1) is 8.97. The molecule has 5 nitrogen and oxygen atoms in total. The van der Waals surface area contributed by atoms with Crippen molar-refractivity contribution in [3.8, 4) is 0 Å². The fraction of sp³-hybridized carbons (Fsp3) is 0.643. The largest absolute Gasteiger partial charge is 0.329 e. The minimum absolute atomic E-state index is 0.655. The number of hydrogen-bond donors (Lipinski definition) is 0. The maximum atomic E-state index is 8.49. The highest BCUT2D eigenvalue weighted by Crippen LogP contribution is 2.16. The molecule has 0 fully saturated rings. The highest BCUT2D eigenvalue weighted by molar-refractivity contribution is 5.17. The second-order valence-electron chi connectivity index (χ2n) is 5.64. The van der Waals surface area contributed by atoms with Crippen molar-refractivity contribution in [3.05, 3.63) is 29.2 Å². The van der Waals surface area contributed by atoms with Crippen molar-refractivity contribution in [1.29, 1.82) is 0 Å². The van der Waals surface area contributed by atoms with E-state index in [1.165, 1.54) is 5.56 Å². The molecule has 1 aromatic heterocycles. The first-order valence-electron chi connectivity index (χ1n) is 6.51. The van der Waals surface area contributed by atoms with Crippen LogP contribution in [0.25, 0.3) is 0 Å². The van der Waals surface area contributed by atoms with E-state index < -0.39 is 10.2 Å². The molecule has 116 valence electrons. The van der Waals surface area contributed by atoms with Crippen molar-refractivity contribution < 1.29 is 33.3 Å². The fourth-order valence-electron chi connectivity index (χ4n) is 1.78. The van der Waals surface area contributed by atoms with E-state index in [0.717, 1.165) is 24.4 Å². The van der Waals surface area contributed by atoms with E-state index in [-0.39, 0.29) is 0 Å². The first kappa shape index (κ1) is 19.3. The van der Waals surface area contributed by atoms with E-state index in [1.54, 1.807) is 0 Å². The Bertz CT molecular complexity index is 365. The zero-order valence-corrected chi connectivity index (χ0v) is 13.4. The third kappa shape index (κ3) is 12.3. The summed E-state index contributed by atoms with van der Waals surface area (Å²) in [6.45, 7) is 11.0. The number of halogens is 1. The highest BCUT2D eigenvalue weighted by atomic mass is 35.7. The summed E-state index contributed by atoms with van der Waals surface area (Å²) >= 11 is 0. The normalized spacial score (nSPS) is 11.6. The van der Waals surface area contributed by atoms with Gasteiger partial charge in [0.2, 0.25) is 0 Å². The fourth-order valence-corrected chi connectivity index (χ4v) is 1.78. The second kappa shape index (κ2) is 8.54. The van der Waals surface area contributed by atoms with Gasteiger partial charge in [0.05, 0.1) is 12.8 Å². The monoisotopic (exact) mass is 306 g/mol. The lowest BCUT2D eigenvalue weighted by molar-refractivity contribution is -2.00. The van der Waals surface area contributed by atoms with Crippen molar-refractivity contribution in [2.45, 2.75) is 47.5 Å². The summed E-state index contributed by atoms with van der Waals surface area (Å²) in [6.07, 6.45) is 2.07. The summed E-state index contributed by atoms with van der Waals surface area (Å²) in [5.41, 5.74) is 1.31. The molecule has 0 aromatic carbocycles. The maximum absolute atomic E-state index is 8.49. The number of hydrogen-bond acceptors (Lipinski definition) is 4. The number of aryl methyl sites for hydroxylation is 1. The van der Waals surface area contributed by atoms with Crippen LogP contribution in [0.3, 0.4) is 0 Å². The van der Waals surface area contributed by atoms with Crippen LogP contribution < -0.4 is 18.6 Å². The van der Waals surface area contributed by atoms with Gasteiger partial charge >= 0.3 is 11.5 Å². The van der Waals surface area contributed by atoms with Gasteiger partial charge in [0.15, 0.2) is 0 Å². The molecule has 1 heterocycles. The Balaban J connectivity index is 0.000000621. The molecule has 0 bridgehead atoms. The molecule has 0 aliphatic carbocycles. The van der Waals surface area contributed by atoms with Gasteiger partial charge in [-0.15, -0.1) is 10.2 Å². The SMILES string of the molecule is Cc1cc(CC(C)C)[o+]c(CC(C)C)c1.[O-][Cl+3]([O-])([O-])[O-]. The third-order valence-electron chi connectivity index (χ3n) is 2.26. The molecule has 0 saturated heterocycles. The van der Waals surface area contributed by atoms with Crippen LogP contribution in [0.1, 0.15) is 44.8 Å². The minimum atomic E-state index is -4.94. The first-order valence-corrected chi connectivity index (χ1v) is 7.75. The molecular weight excluding hydrogens is 284 g/mol. The Morgan fingerprint density at radius 1 is 0.900 bits per heavy atom. The molecule has 0 aliphatic heterocycles. The quantitative estimate of drug-likeness (QED) is 0.698. The molecule has 6 heteroatoms. The van der Waals surface area contributed by atoms with Crippen molar-refractivity contribution in [3.63, 3.8) is 0 Å². The molecule has 0 N–H and O–H groups in total. The molecule has 1 aromatic rings. The van der Waals surface area contributed by atoms with Crippen LogP contribution in [0.15, 0.2) is 16.5 Å². The van der Waals surface area contributed by atoms with E-state index in [4.69, 9.17) is 23.1 Å². The predicted octanol–water partition coefficient (Wildman–Crippen LogP) is -0.490. The van der Waals surface area contributed by atoms with E-state index in [9.17, 15) is 0 Å². The lowest BCUT2D eigenvalue weighted by Crippen LogP contribution is -2.68. The summed E-state index contributed by atoms with van der Waals surface area (Å²) in [7, 11) is -4.94. The molecule has 0 amide bonds. The van der Waals surface area contributed by atoms with Gasteiger partial charge < -0.3 is 0 Å². The van der Waals surface area contributed by atoms with E-state index in [1.807, 2.05) is 0 Å². The lowest BCUT2D eigenvalue weighted by Gasteiger charge is -2.17. The van der Waals surface area contributed by atoms with Gasteiger partial charge in [-0.1, -0.05) is 27.7 Å². The van der Waals surface area contributed by atoms with Crippen molar-refractivity contribution in [1.82, 2.24) is 0 Å². The Morgan fingerprint density at radius 2 is 1.20 bits per heavy atom. The van der Waals surface area contributed by atoms with E-state index in [0.29, 0.717) is 11.8 Å². The minimum Gasteiger partial charge on any atom is -0.222 e. The summed E-state index contributed by atoms with van der Waals surface area (Å²) in [4.78, 5) is 0. The van der Waals surface area contributed by atoms with Gasteiger partial charge in [0.1, 0.15) is 0 Å². The molecule has 0 spiro atoms. The van der Waals surface area contributed by atoms with Gasteiger partial charge in [-0.25, -0.2) is 23.1 Å². The molecular formula is C14H23ClO5. The lowest BCUT2D eigenvalue weighted by atomic mass is 10.0. The highest BCUT2D eigenvalue weighted by Gasteiger charge is 2.16. The zero-order chi connectivity index (χ0) is 15.9. The van der Waals surface area contributed by atoms with Gasteiger partial charge in [-0.3, -0.25) is 0 Å². The van der Waals surface area contributed by atoms with Gasteiger partial charge in [-0.05, 0) is 24.3 Å². The predicted molar refractivity (Wildman–Crippen MR) is 64.9 cm³/mol. The van der Waals surface area contributed by atoms with Crippen LogP contribution in [0.5, 0.6) is 0 Å². The van der Waals surface area contributed by atoms with Crippen molar-refractivity contribution in [2.75, 3.05) is 0 Å². The maximum Gasteiger partial charge on any atom is 0.329 e. The average Bonchev–Trinajstić information content (AvgIpc) is 2.09. The standard InChI is InChI=1S/C14H23O.ClHO4/c1-10(2)6-13-8-12(5)9-14(15-13)7-11(3)4;2-1(3,4)5/h8-11H,6-7H2,1-5H3;(H,2,3,4,5)/q+1;/p-1. The van der Waals surface area contributed by atoms with E-state index >= 15 is 0 Å².